The van der Waals surface area contributed by atoms with Gasteiger partial charge in [-0.1, -0.05) is 28.8 Å². The zero-order chi connectivity index (χ0) is 10.1. The number of nitrogens with two attached hydrogens (primary N) is 1. The molecule has 0 atom stereocenters. The summed E-state index contributed by atoms with van der Waals surface area (Å²) < 4.78 is 5.08. The quantitative estimate of drug-likeness (QED) is 0.783. The Bertz CT molecular complexity index is 467. The summed E-state index contributed by atoms with van der Waals surface area (Å²) in [6.45, 7) is 1.91. The highest BCUT2D eigenvalue weighted by Gasteiger charge is 2.11. The Labute approximate surface area is 85.7 Å². The summed E-state index contributed by atoms with van der Waals surface area (Å²) in [5.74, 6) is 0.344. The van der Waals surface area contributed by atoms with E-state index in [2.05, 4.69) is 10.2 Å². The first kappa shape index (κ1) is 9.02. The van der Waals surface area contributed by atoms with E-state index in [9.17, 15) is 0 Å². The maximum absolute atomic E-state index is 6.07. The van der Waals surface area contributed by atoms with Gasteiger partial charge in [-0.15, -0.1) is 5.10 Å². The first-order chi connectivity index (χ1) is 6.68. The van der Waals surface area contributed by atoms with Gasteiger partial charge in [-0.05, 0) is 18.6 Å². The summed E-state index contributed by atoms with van der Waals surface area (Å²) in [6, 6.07) is 5.63. The van der Waals surface area contributed by atoms with Gasteiger partial charge >= 0.3 is 6.01 Å². The molecular formula is C9H8ClN3O. The van der Waals surface area contributed by atoms with Gasteiger partial charge in [-0.3, -0.25) is 0 Å². The van der Waals surface area contributed by atoms with Crippen LogP contribution in [0.15, 0.2) is 22.6 Å². The lowest BCUT2D eigenvalue weighted by molar-refractivity contribution is 0.590. The van der Waals surface area contributed by atoms with Gasteiger partial charge in [0.1, 0.15) is 0 Å². The normalized spacial score (nSPS) is 10.4. The van der Waals surface area contributed by atoms with Crippen LogP contribution in [0.4, 0.5) is 6.01 Å². The molecule has 1 heterocycles. The molecule has 2 aromatic rings. The van der Waals surface area contributed by atoms with Crippen LogP contribution in [0.2, 0.25) is 5.02 Å². The van der Waals surface area contributed by atoms with Crippen molar-refractivity contribution in [1.29, 1.82) is 0 Å². The molecule has 0 unspecified atom stereocenters. The zero-order valence-corrected chi connectivity index (χ0v) is 8.25. The number of hydrogen-bond acceptors (Lipinski definition) is 4. The highest BCUT2D eigenvalue weighted by atomic mass is 35.5. The van der Waals surface area contributed by atoms with Crippen LogP contribution in [0.5, 0.6) is 0 Å². The minimum atomic E-state index is 0.0394. The van der Waals surface area contributed by atoms with Crippen molar-refractivity contribution in [3.05, 3.63) is 28.8 Å². The monoisotopic (exact) mass is 209 g/mol. The van der Waals surface area contributed by atoms with E-state index >= 15 is 0 Å². The molecule has 2 rings (SSSR count). The van der Waals surface area contributed by atoms with E-state index in [4.69, 9.17) is 21.8 Å². The van der Waals surface area contributed by atoms with Gasteiger partial charge in [0.2, 0.25) is 0 Å². The second-order valence-corrected chi connectivity index (χ2v) is 3.26. The Morgan fingerprint density at radius 2 is 2.14 bits per heavy atom. The van der Waals surface area contributed by atoms with Crippen molar-refractivity contribution < 1.29 is 4.42 Å². The third-order valence-corrected chi connectivity index (χ3v) is 2.36. The lowest BCUT2D eigenvalue weighted by Crippen LogP contribution is -1.82. The molecular weight excluding hydrogens is 202 g/mol. The van der Waals surface area contributed by atoms with Crippen molar-refractivity contribution >= 4 is 17.6 Å². The van der Waals surface area contributed by atoms with Crippen molar-refractivity contribution in [2.75, 3.05) is 5.73 Å². The molecule has 1 aromatic heterocycles. The molecule has 0 bridgehead atoms. The average molecular weight is 210 g/mol. The van der Waals surface area contributed by atoms with Gasteiger partial charge in [0.05, 0.1) is 10.6 Å². The van der Waals surface area contributed by atoms with Crippen LogP contribution >= 0.6 is 11.6 Å². The molecule has 0 aliphatic rings. The Hall–Kier alpha value is -1.55. The standard InChI is InChI=1S/C9H8ClN3O/c1-5-3-2-4-6(7(5)10)8-12-13-9(11)14-8/h2-4H,1H3,(H2,11,13). The van der Waals surface area contributed by atoms with Crippen molar-refractivity contribution in [2.24, 2.45) is 0 Å². The van der Waals surface area contributed by atoms with E-state index in [0.29, 0.717) is 16.5 Å². The minimum absolute atomic E-state index is 0.0394. The first-order valence-corrected chi connectivity index (χ1v) is 4.41. The number of rotatable bonds is 1. The van der Waals surface area contributed by atoms with Crippen LogP contribution in [0.25, 0.3) is 11.5 Å². The Morgan fingerprint density at radius 3 is 2.79 bits per heavy atom. The van der Waals surface area contributed by atoms with E-state index < -0.39 is 0 Å². The number of aryl methyl sites for hydroxylation is 1. The van der Waals surface area contributed by atoms with Crippen LogP contribution < -0.4 is 5.73 Å². The molecule has 0 aliphatic heterocycles. The number of halogens is 1. The number of benzene rings is 1. The van der Waals surface area contributed by atoms with Crippen molar-refractivity contribution in [1.82, 2.24) is 10.2 Å². The molecule has 72 valence electrons. The summed E-state index contributed by atoms with van der Waals surface area (Å²) in [5, 5.41) is 7.94. The molecule has 0 fully saturated rings. The maximum Gasteiger partial charge on any atom is 0.313 e. The smallest absolute Gasteiger partial charge is 0.313 e. The van der Waals surface area contributed by atoms with Crippen molar-refractivity contribution in [3.63, 3.8) is 0 Å². The number of nitrogen functional groups attached to an aromatic ring is 1. The Kier molecular flexibility index (Phi) is 2.13. The van der Waals surface area contributed by atoms with Gasteiger partial charge in [-0.2, -0.15) is 0 Å². The van der Waals surface area contributed by atoms with Gasteiger partial charge in [0, 0.05) is 0 Å². The molecule has 1 aromatic carbocycles. The lowest BCUT2D eigenvalue weighted by atomic mass is 10.1. The van der Waals surface area contributed by atoms with Crippen LogP contribution in [0.1, 0.15) is 5.56 Å². The van der Waals surface area contributed by atoms with Crippen LogP contribution in [-0.4, -0.2) is 10.2 Å². The fourth-order valence-electron chi connectivity index (χ4n) is 1.16. The summed E-state index contributed by atoms with van der Waals surface area (Å²) in [5.41, 5.74) is 6.98. The second-order valence-electron chi connectivity index (χ2n) is 2.88. The molecule has 0 spiro atoms. The molecule has 0 aliphatic carbocycles. The summed E-state index contributed by atoms with van der Waals surface area (Å²) in [4.78, 5) is 0. The minimum Gasteiger partial charge on any atom is -0.404 e. The van der Waals surface area contributed by atoms with E-state index in [1.807, 2.05) is 25.1 Å². The van der Waals surface area contributed by atoms with Crippen LogP contribution in [-0.2, 0) is 0 Å². The second kappa shape index (κ2) is 3.31. The zero-order valence-electron chi connectivity index (χ0n) is 7.49. The maximum atomic E-state index is 6.07. The number of aromatic nitrogens is 2. The van der Waals surface area contributed by atoms with Crippen LogP contribution in [0.3, 0.4) is 0 Å². The van der Waals surface area contributed by atoms with Gasteiger partial charge < -0.3 is 10.2 Å². The topological polar surface area (TPSA) is 64.9 Å². The third-order valence-electron chi connectivity index (χ3n) is 1.86. The predicted molar refractivity (Wildman–Crippen MR) is 53.9 cm³/mol. The lowest BCUT2D eigenvalue weighted by Gasteiger charge is -2.00. The summed E-state index contributed by atoms with van der Waals surface area (Å²) in [7, 11) is 0. The molecule has 0 amide bonds. The molecule has 5 heteroatoms. The van der Waals surface area contributed by atoms with E-state index in [1.54, 1.807) is 0 Å². The Morgan fingerprint density at radius 1 is 1.36 bits per heavy atom. The van der Waals surface area contributed by atoms with Crippen molar-refractivity contribution in [3.8, 4) is 11.5 Å². The van der Waals surface area contributed by atoms with E-state index in [-0.39, 0.29) is 6.01 Å². The highest BCUT2D eigenvalue weighted by molar-refractivity contribution is 6.33. The molecule has 0 saturated carbocycles. The van der Waals surface area contributed by atoms with E-state index in [1.165, 1.54) is 0 Å². The number of nitrogens with zero attached hydrogens (tertiary/aromatic N) is 2. The summed E-state index contributed by atoms with van der Waals surface area (Å²) >= 11 is 6.07. The van der Waals surface area contributed by atoms with E-state index in [0.717, 1.165) is 5.56 Å². The van der Waals surface area contributed by atoms with Crippen LogP contribution in [0, 0.1) is 6.92 Å². The molecule has 0 saturated heterocycles. The average Bonchev–Trinajstić information content (AvgIpc) is 2.57. The fraction of sp³-hybridized carbons (Fsp3) is 0.111. The van der Waals surface area contributed by atoms with Gasteiger partial charge in [-0.25, -0.2) is 0 Å². The molecule has 0 radical (unpaired) electrons. The number of hydrogen-bond donors (Lipinski definition) is 1. The fourth-order valence-corrected chi connectivity index (χ4v) is 1.36. The molecule has 14 heavy (non-hydrogen) atoms. The third kappa shape index (κ3) is 1.44. The number of anilines is 1. The SMILES string of the molecule is Cc1cccc(-c2nnc(N)o2)c1Cl. The molecule has 4 nitrogen and oxygen atoms in total. The Balaban J connectivity index is 2.57. The van der Waals surface area contributed by atoms with Crippen molar-refractivity contribution in [2.45, 2.75) is 6.92 Å². The van der Waals surface area contributed by atoms with Gasteiger partial charge in [0.15, 0.2) is 0 Å². The molecule has 2 N–H and O–H groups in total. The summed E-state index contributed by atoms with van der Waals surface area (Å²) in [6.07, 6.45) is 0. The first-order valence-electron chi connectivity index (χ1n) is 4.03. The van der Waals surface area contributed by atoms with Gasteiger partial charge in [0.25, 0.3) is 5.89 Å². The predicted octanol–water partition coefficient (Wildman–Crippen LogP) is 2.28. The highest BCUT2D eigenvalue weighted by Crippen LogP contribution is 2.29. The largest absolute Gasteiger partial charge is 0.404 e.